The molecule has 0 bridgehead atoms. The lowest BCUT2D eigenvalue weighted by molar-refractivity contribution is -0.123. The minimum Gasteiger partial charge on any atom is -0.370 e. The third-order valence-corrected chi connectivity index (χ3v) is 1.81. The number of rotatable bonds is 7. The van der Waals surface area contributed by atoms with Crippen LogP contribution in [0.1, 0.15) is 13.8 Å². The second kappa shape index (κ2) is 7.19. The zero-order valence-corrected chi connectivity index (χ0v) is 9.16. The molecular weight excluding hydrogens is 198 g/mol. The molecule has 0 aliphatic heterocycles. The quantitative estimate of drug-likeness (QED) is 0.455. The van der Waals surface area contributed by atoms with E-state index >= 15 is 0 Å². The van der Waals surface area contributed by atoms with Gasteiger partial charge in [0.2, 0.25) is 11.8 Å². The molecule has 5 N–H and O–H groups in total. The maximum absolute atomic E-state index is 11.3. The molecule has 2 amide bonds. The highest BCUT2D eigenvalue weighted by Crippen LogP contribution is 1.97. The van der Waals surface area contributed by atoms with Crippen molar-refractivity contribution in [2.24, 2.45) is 17.4 Å². The van der Waals surface area contributed by atoms with E-state index in [0.717, 1.165) is 0 Å². The normalized spacial score (nSPS) is 12.5. The monoisotopic (exact) mass is 217 g/mol. The molecule has 0 heterocycles. The van der Waals surface area contributed by atoms with E-state index in [1.807, 2.05) is 13.8 Å². The highest BCUT2D eigenvalue weighted by atomic mass is 16.5. The summed E-state index contributed by atoms with van der Waals surface area (Å²) in [6, 6.07) is -0.513. The van der Waals surface area contributed by atoms with E-state index < -0.39 is 11.9 Å². The first-order chi connectivity index (χ1) is 6.95. The van der Waals surface area contributed by atoms with Crippen molar-refractivity contribution in [2.75, 3.05) is 19.8 Å². The molecule has 0 aliphatic carbocycles. The molecule has 15 heavy (non-hydrogen) atoms. The van der Waals surface area contributed by atoms with E-state index in [0.29, 0.717) is 6.54 Å². The summed E-state index contributed by atoms with van der Waals surface area (Å²) in [6.45, 7) is 4.18. The molecule has 0 aromatic heterocycles. The first kappa shape index (κ1) is 13.9. The largest absolute Gasteiger partial charge is 0.370 e. The van der Waals surface area contributed by atoms with Crippen LogP contribution in [0, 0.1) is 5.92 Å². The summed E-state index contributed by atoms with van der Waals surface area (Å²) >= 11 is 0. The number of amides is 2. The zero-order chi connectivity index (χ0) is 11.8. The van der Waals surface area contributed by atoms with Gasteiger partial charge in [0.05, 0.1) is 12.6 Å². The number of ether oxygens (including phenoxy) is 1. The van der Waals surface area contributed by atoms with Crippen molar-refractivity contribution in [1.82, 2.24) is 5.32 Å². The Balaban J connectivity index is 3.51. The highest BCUT2D eigenvalue weighted by molar-refractivity contribution is 5.81. The third-order valence-electron chi connectivity index (χ3n) is 1.81. The Morgan fingerprint density at radius 2 is 2.00 bits per heavy atom. The predicted molar refractivity (Wildman–Crippen MR) is 55.8 cm³/mol. The summed E-state index contributed by atoms with van der Waals surface area (Å²) in [5.41, 5.74) is 10.4. The molecule has 0 saturated heterocycles. The molecule has 0 saturated carbocycles. The summed E-state index contributed by atoms with van der Waals surface area (Å²) in [7, 11) is 0. The SMILES string of the molecule is CC(C)C(N)C(=O)NCCOCC(N)=O. The van der Waals surface area contributed by atoms with Gasteiger partial charge in [-0.15, -0.1) is 0 Å². The Labute approximate surface area is 89.3 Å². The van der Waals surface area contributed by atoms with Gasteiger partial charge in [-0.3, -0.25) is 9.59 Å². The minimum absolute atomic E-state index is 0.0940. The minimum atomic E-state index is -0.528. The summed E-state index contributed by atoms with van der Waals surface area (Å²) in [6.07, 6.45) is 0. The summed E-state index contributed by atoms with van der Waals surface area (Å²) in [4.78, 5) is 21.6. The van der Waals surface area contributed by atoms with Gasteiger partial charge in [-0.25, -0.2) is 0 Å². The van der Waals surface area contributed by atoms with Crippen LogP contribution in [0.15, 0.2) is 0 Å². The first-order valence-electron chi connectivity index (χ1n) is 4.84. The van der Waals surface area contributed by atoms with E-state index in [-0.39, 0.29) is 25.0 Å². The Bertz CT molecular complexity index is 219. The molecule has 0 aliphatic rings. The van der Waals surface area contributed by atoms with Gasteiger partial charge in [-0.1, -0.05) is 13.8 Å². The maximum atomic E-state index is 11.3. The Morgan fingerprint density at radius 3 is 2.47 bits per heavy atom. The van der Waals surface area contributed by atoms with Crippen LogP contribution >= 0.6 is 0 Å². The van der Waals surface area contributed by atoms with Gasteiger partial charge >= 0.3 is 0 Å². The number of hydrogen-bond donors (Lipinski definition) is 3. The second-order valence-electron chi connectivity index (χ2n) is 3.58. The molecule has 1 unspecified atom stereocenters. The Hall–Kier alpha value is -1.14. The fourth-order valence-electron chi connectivity index (χ4n) is 0.840. The van der Waals surface area contributed by atoms with Crippen LogP contribution in [-0.4, -0.2) is 37.6 Å². The molecule has 6 heteroatoms. The fourth-order valence-corrected chi connectivity index (χ4v) is 0.840. The Kier molecular flexibility index (Phi) is 6.64. The number of primary amides is 1. The second-order valence-corrected chi connectivity index (χ2v) is 3.58. The van der Waals surface area contributed by atoms with Gasteiger partial charge in [0.15, 0.2) is 0 Å². The van der Waals surface area contributed by atoms with Crippen LogP contribution < -0.4 is 16.8 Å². The van der Waals surface area contributed by atoms with Crippen molar-refractivity contribution in [3.05, 3.63) is 0 Å². The first-order valence-corrected chi connectivity index (χ1v) is 4.84. The molecule has 6 nitrogen and oxygen atoms in total. The van der Waals surface area contributed by atoms with Crippen molar-refractivity contribution < 1.29 is 14.3 Å². The van der Waals surface area contributed by atoms with Crippen molar-refractivity contribution in [3.63, 3.8) is 0 Å². The molecule has 0 radical (unpaired) electrons. The summed E-state index contributed by atoms with van der Waals surface area (Å²) in [5, 5.41) is 2.60. The van der Waals surface area contributed by atoms with Crippen molar-refractivity contribution in [1.29, 1.82) is 0 Å². The third kappa shape index (κ3) is 6.87. The van der Waals surface area contributed by atoms with E-state index in [9.17, 15) is 9.59 Å². The standard InChI is InChI=1S/C9H19N3O3/c1-6(2)8(11)9(14)12-3-4-15-5-7(10)13/h6,8H,3-5,11H2,1-2H3,(H2,10,13)(H,12,14). The number of nitrogens with one attached hydrogen (secondary N) is 1. The van der Waals surface area contributed by atoms with Crippen LogP contribution in [0.3, 0.4) is 0 Å². The summed E-state index contributed by atoms with van der Waals surface area (Å²) in [5.74, 6) is -0.649. The molecule has 1 atom stereocenters. The number of hydrogen-bond acceptors (Lipinski definition) is 4. The average Bonchev–Trinajstić information content (AvgIpc) is 2.15. The van der Waals surface area contributed by atoms with Gasteiger partial charge in [-0.05, 0) is 5.92 Å². The van der Waals surface area contributed by atoms with E-state index in [4.69, 9.17) is 16.2 Å². The lowest BCUT2D eigenvalue weighted by Crippen LogP contribution is -2.44. The van der Waals surface area contributed by atoms with Gasteiger partial charge in [0.25, 0.3) is 0 Å². The van der Waals surface area contributed by atoms with Gasteiger partial charge in [-0.2, -0.15) is 0 Å². The molecule has 0 spiro atoms. The van der Waals surface area contributed by atoms with E-state index in [1.54, 1.807) is 0 Å². The lowest BCUT2D eigenvalue weighted by atomic mass is 10.1. The topological polar surface area (TPSA) is 107 Å². The van der Waals surface area contributed by atoms with E-state index in [2.05, 4.69) is 5.32 Å². The van der Waals surface area contributed by atoms with Crippen LogP contribution in [-0.2, 0) is 14.3 Å². The van der Waals surface area contributed by atoms with Crippen LogP contribution in [0.25, 0.3) is 0 Å². The number of carbonyl (C=O) groups excluding carboxylic acids is 2. The van der Waals surface area contributed by atoms with Gasteiger partial charge in [0, 0.05) is 6.54 Å². The molecule has 88 valence electrons. The molecule has 0 aromatic carbocycles. The highest BCUT2D eigenvalue weighted by Gasteiger charge is 2.15. The van der Waals surface area contributed by atoms with Crippen molar-refractivity contribution in [2.45, 2.75) is 19.9 Å². The maximum Gasteiger partial charge on any atom is 0.243 e. The Morgan fingerprint density at radius 1 is 1.40 bits per heavy atom. The van der Waals surface area contributed by atoms with E-state index in [1.165, 1.54) is 0 Å². The smallest absolute Gasteiger partial charge is 0.243 e. The molecular formula is C9H19N3O3. The lowest BCUT2D eigenvalue weighted by Gasteiger charge is -2.15. The number of nitrogens with two attached hydrogens (primary N) is 2. The van der Waals surface area contributed by atoms with Crippen LogP contribution in [0.4, 0.5) is 0 Å². The molecule has 0 fully saturated rings. The van der Waals surface area contributed by atoms with Crippen LogP contribution in [0.2, 0.25) is 0 Å². The number of carbonyl (C=O) groups is 2. The van der Waals surface area contributed by atoms with Gasteiger partial charge < -0.3 is 21.5 Å². The van der Waals surface area contributed by atoms with Crippen molar-refractivity contribution >= 4 is 11.8 Å². The summed E-state index contributed by atoms with van der Waals surface area (Å²) < 4.78 is 4.86. The molecule has 0 aromatic rings. The van der Waals surface area contributed by atoms with Crippen molar-refractivity contribution in [3.8, 4) is 0 Å². The predicted octanol–water partition coefficient (Wildman–Crippen LogP) is -1.41. The van der Waals surface area contributed by atoms with Gasteiger partial charge in [0.1, 0.15) is 6.61 Å². The molecule has 0 rings (SSSR count). The average molecular weight is 217 g/mol. The van der Waals surface area contributed by atoms with Crippen LogP contribution in [0.5, 0.6) is 0 Å². The fraction of sp³-hybridized carbons (Fsp3) is 0.778. The zero-order valence-electron chi connectivity index (χ0n) is 9.16.